The van der Waals surface area contributed by atoms with Gasteiger partial charge in [-0.1, -0.05) is 0 Å². The quantitative estimate of drug-likeness (QED) is 0.538. The molecule has 1 unspecified atom stereocenters. The summed E-state index contributed by atoms with van der Waals surface area (Å²) in [7, 11) is 0. The molecule has 0 bridgehead atoms. The summed E-state index contributed by atoms with van der Waals surface area (Å²) in [5.41, 5.74) is 0.746. The molecule has 1 atom stereocenters. The zero-order valence-corrected chi connectivity index (χ0v) is 12.1. The van der Waals surface area contributed by atoms with E-state index in [1.807, 2.05) is 0 Å². The van der Waals surface area contributed by atoms with Crippen molar-refractivity contribution in [1.29, 1.82) is 0 Å². The second-order valence-electron chi connectivity index (χ2n) is 4.02. The number of hydrogen-bond acceptors (Lipinski definition) is 1. The molecular formula is C13H10BrClF2O. The van der Waals surface area contributed by atoms with Gasteiger partial charge >= 0.3 is 0 Å². The molecule has 1 aromatic heterocycles. The Kier molecular flexibility index (Phi) is 3.78. The number of halogens is 4. The minimum Gasteiger partial charge on any atom is -0.466 e. The second-order valence-corrected chi connectivity index (χ2v) is 5.31. The zero-order valence-electron chi connectivity index (χ0n) is 9.73. The molecule has 96 valence electrons. The zero-order chi connectivity index (χ0) is 13.4. The first-order chi connectivity index (χ1) is 8.40. The van der Waals surface area contributed by atoms with Gasteiger partial charge in [-0.15, -0.1) is 11.6 Å². The maximum atomic E-state index is 13.8. The van der Waals surface area contributed by atoms with E-state index in [1.165, 1.54) is 0 Å². The van der Waals surface area contributed by atoms with Gasteiger partial charge in [0.25, 0.3) is 0 Å². The first kappa shape index (κ1) is 13.6. The lowest BCUT2D eigenvalue weighted by Gasteiger charge is -2.11. The van der Waals surface area contributed by atoms with Gasteiger partial charge in [-0.25, -0.2) is 8.78 Å². The van der Waals surface area contributed by atoms with Gasteiger partial charge in [0.15, 0.2) is 0 Å². The molecule has 0 amide bonds. The molecule has 0 saturated carbocycles. The average Bonchev–Trinajstić information content (AvgIpc) is 2.62. The number of alkyl halides is 1. The molecule has 0 N–H and O–H groups in total. The number of hydrogen-bond donors (Lipinski definition) is 0. The molecule has 2 aromatic rings. The summed E-state index contributed by atoms with van der Waals surface area (Å²) in [6, 6.07) is 3.90. The molecule has 0 spiro atoms. The molecule has 1 aromatic carbocycles. The smallest absolute Gasteiger partial charge is 0.137 e. The highest BCUT2D eigenvalue weighted by molar-refractivity contribution is 9.10. The van der Waals surface area contributed by atoms with Crippen LogP contribution in [0.3, 0.4) is 0 Å². The Bertz CT molecular complexity index is 595. The number of aryl methyl sites for hydroxylation is 2. The van der Waals surface area contributed by atoms with Crippen molar-refractivity contribution in [2.75, 3.05) is 0 Å². The summed E-state index contributed by atoms with van der Waals surface area (Å²) >= 11 is 9.13. The first-order valence-electron chi connectivity index (χ1n) is 5.25. The van der Waals surface area contributed by atoms with Gasteiger partial charge in [0.05, 0.1) is 9.85 Å². The molecule has 0 fully saturated rings. The van der Waals surface area contributed by atoms with Crippen molar-refractivity contribution in [1.82, 2.24) is 0 Å². The molecule has 0 aliphatic carbocycles. The first-order valence-corrected chi connectivity index (χ1v) is 6.48. The van der Waals surface area contributed by atoms with Gasteiger partial charge in [0.2, 0.25) is 0 Å². The molecule has 1 nitrogen and oxygen atoms in total. The predicted molar refractivity (Wildman–Crippen MR) is 69.9 cm³/mol. The van der Waals surface area contributed by atoms with E-state index in [1.54, 1.807) is 19.9 Å². The lowest BCUT2D eigenvalue weighted by atomic mass is 10.0. The molecule has 18 heavy (non-hydrogen) atoms. The highest BCUT2D eigenvalue weighted by Gasteiger charge is 2.21. The van der Waals surface area contributed by atoms with Crippen LogP contribution < -0.4 is 0 Å². The van der Waals surface area contributed by atoms with Gasteiger partial charge in [-0.2, -0.15) is 0 Å². The lowest BCUT2D eigenvalue weighted by molar-refractivity contribution is 0.501. The molecule has 0 aliphatic heterocycles. The molecule has 5 heteroatoms. The van der Waals surface area contributed by atoms with Crippen LogP contribution >= 0.6 is 27.5 Å². The third-order valence-electron chi connectivity index (χ3n) is 2.67. The van der Waals surface area contributed by atoms with Crippen LogP contribution in [0.15, 0.2) is 27.1 Å². The van der Waals surface area contributed by atoms with Crippen molar-refractivity contribution < 1.29 is 13.2 Å². The third kappa shape index (κ3) is 2.45. The summed E-state index contributed by atoms with van der Waals surface area (Å²) in [5, 5.41) is -0.773. The largest absolute Gasteiger partial charge is 0.466 e. The lowest BCUT2D eigenvalue weighted by Crippen LogP contribution is -1.99. The predicted octanol–water partition coefficient (Wildman–Crippen LogP) is 5.27. The Morgan fingerprint density at radius 3 is 2.33 bits per heavy atom. The van der Waals surface area contributed by atoms with E-state index in [2.05, 4.69) is 15.9 Å². The van der Waals surface area contributed by atoms with Gasteiger partial charge in [0, 0.05) is 11.1 Å². The highest BCUT2D eigenvalue weighted by atomic mass is 79.9. The van der Waals surface area contributed by atoms with E-state index in [0.717, 1.165) is 12.1 Å². The molecule has 0 radical (unpaired) electrons. The van der Waals surface area contributed by atoms with E-state index < -0.39 is 17.0 Å². The van der Waals surface area contributed by atoms with Crippen LogP contribution in [-0.4, -0.2) is 0 Å². The van der Waals surface area contributed by atoms with Crippen molar-refractivity contribution >= 4 is 27.5 Å². The van der Waals surface area contributed by atoms with E-state index >= 15 is 0 Å². The number of furan rings is 1. The number of benzene rings is 1. The van der Waals surface area contributed by atoms with Crippen LogP contribution in [0.5, 0.6) is 0 Å². The third-order valence-corrected chi connectivity index (χ3v) is 3.74. The van der Waals surface area contributed by atoms with Crippen molar-refractivity contribution in [3.8, 4) is 0 Å². The van der Waals surface area contributed by atoms with Crippen LogP contribution in [0.4, 0.5) is 8.78 Å². The van der Waals surface area contributed by atoms with Gasteiger partial charge < -0.3 is 4.42 Å². The Morgan fingerprint density at radius 2 is 1.78 bits per heavy atom. The van der Waals surface area contributed by atoms with Crippen LogP contribution in [0, 0.1) is 25.5 Å². The summed E-state index contributed by atoms with van der Waals surface area (Å²) in [4.78, 5) is 0. The molecule has 1 heterocycles. The summed E-state index contributed by atoms with van der Waals surface area (Å²) < 4.78 is 32.7. The standard InChI is InChI=1S/C13H10BrClF2O/c1-6-3-8(7(2)18-6)13(15)9-4-12(17)10(14)5-11(9)16/h3-5,13H,1-2H3. The van der Waals surface area contributed by atoms with Crippen LogP contribution in [0.1, 0.15) is 28.0 Å². The SMILES string of the molecule is Cc1cc(C(Cl)c2cc(F)c(Br)cc2F)c(C)o1. The molecular weight excluding hydrogens is 325 g/mol. The van der Waals surface area contributed by atoms with Gasteiger partial charge in [0.1, 0.15) is 23.2 Å². The topological polar surface area (TPSA) is 13.1 Å². The Balaban J connectivity index is 2.49. The van der Waals surface area contributed by atoms with Gasteiger partial charge in [-0.05, 0) is 48.0 Å². The maximum absolute atomic E-state index is 13.8. The van der Waals surface area contributed by atoms with Crippen LogP contribution in [0.25, 0.3) is 0 Å². The Labute approximate surface area is 117 Å². The van der Waals surface area contributed by atoms with Crippen LogP contribution in [-0.2, 0) is 0 Å². The van der Waals surface area contributed by atoms with Crippen molar-refractivity contribution in [3.63, 3.8) is 0 Å². The average molecular weight is 336 g/mol. The monoisotopic (exact) mass is 334 g/mol. The normalized spacial score (nSPS) is 12.8. The summed E-state index contributed by atoms with van der Waals surface area (Å²) in [6.45, 7) is 3.52. The van der Waals surface area contributed by atoms with Crippen molar-refractivity contribution in [2.45, 2.75) is 19.2 Å². The fraction of sp³-hybridized carbons (Fsp3) is 0.231. The Morgan fingerprint density at radius 1 is 1.11 bits per heavy atom. The minimum atomic E-state index is -0.773. The van der Waals surface area contributed by atoms with Crippen molar-refractivity contribution in [2.24, 2.45) is 0 Å². The van der Waals surface area contributed by atoms with Crippen molar-refractivity contribution in [3.05, 3.63) is 57.0 Å². The summed E-state index contributed by atoms with van der Waals surface area (Å²) in [5.74, 6) is 0.192. The van der Waals surface area contributed by atoms with E-state index in [4.69, 9.17) is 16.0 Å². The molecule has 2 rings (SSSR count). The minimum absolute atomic E-state index is 0.0766. The molecule has 0 saturated heterocycles. The van der Waals surface area contributed by atoms with E-state index in [-0.39, 0.29) is 10.0 Å². The maximum Gasteiger partial charge on any atom is 0.137 e. The Hall–Kier alpha value is -0.870. The summed E-state index contributed by atoms with van der Waals surface area (Å²) in [6.07, 6.45) is 0. The fourth-order valence-electron chi connectivity index (χ4n) is 1.80. The van der Waals surface area contributed by atoms with Crippen LogP contribution in [0.2, 0.25) is 0 Å². The second kappa shape index (κ2) is 5.02. The fourth-order valence-corrected chi connectivity index (χ4v) is 2.50. The highest BCUT2D eigenvalue weighted by Crippen LogP contribution is 2.35. The van der Waals surface area contributed by atoms with E-state index in [9.17, 15) is 8.78 Å². The van der Waals surface area contributed by atoms with Gasteiger partial charge in [-0.3, -0.25) is 0 Å². The van der Waals surface area contributed by atoms with E-state index in [0.29, 0.717) is 17.1 Å². The number of rotatable bonds is 2. The molecule has 0 aliphatic rings.